The number of anilines is 2. The van der Waals surface area contributed by atoms with Crippen molar-refractivity contribution < 1.29 is 18.3 Å². The highest BCUT2D eigenvalue weighted by molar-refractivity contribution is 6.01. The molecule has 0 spiro atoms. The zero-order valence-corrected chi connectivity index (χ0v) is 19.4. The molecule has 1 saturated heterocycles. The van der Waals surface area contributed by atoms with E-state index in [4.69, 9.17) is 10.00 Å². The molecule has 1 fully saturated rings. The molecule has 2 amide bonds. The second kappa shape index (κ2) is 9.54. The normalized spacial score (nSPS) is 13.5. The Morgan fingerprint density at radius 3 is 2.58 bits per heavy atom. The minimum atomic E-state index is -0.710. The Morgan fingerprint density at radius 2 is 1.86 bits per heavy atom. The van der Waals surface area contributed by atoms with Gasteiger partial charge in [0.15, 0.2) is 0 Å². The molecule has 5 rings (SSSR count). The van der Waals surface area contributed by atoms with Crippen LogP contribution in [0.4, 0.5) is 25.0 Å². The van der Waals surface area contributed by atoms with Crippen molar-refractivity contribution in [3.05, 3.63) is 77.8 Å². The molecule has 2 aromatic carbocycles. The summed E-state index contributed by atoms with van der Waals surface area (Å²) in [6.07, 6.45) is 3.04. The Kier molecular flexibility index (Phi) is 6.12. The van der Waals surface area contributed by atoms with E-state index in [1.165, 1.54) is 12.3 Å². The molecule has 36 heavy (non-hydrogen) atoms. The summed E-state index contributed by atoms with van der Waals surface area (Å²) in [7, 11) is 0. The number of nitrogens with one attached hydrogen (secondary N) is 2. The lowest BCUT2D eigenvalue weighted by molar-refractivity contribution is 0.208. The second-order valence-electron chi connectivity index (χ2n) is 8.43. The molecule has 2 aromatic heterocycles. The maximum absolute atomic E-state index is 13.9. The minimum Gasteiger partial charge on any atom is -0.456 e. The van der Waals surface area contributed by atoms with Crippen LogP contribution in [-0.4, -0.2) is 47.1 Å². The highest BCUT2D eigenvalue weighted by Gasteiger charge is 2.22. The highest BCUT2D eigenvalue weighted by Crippen LogP contribution is 2.28. The zero-order chi connectivity index (χ0) is 25.2. The molecule has 182 valence electrons. The molecular weight excluding hydrogens is 466 g/mol. The van der Waals surface area contributed by atoms with Crippen LogP contribution < -0.4 is 15.0 Å². The van der Waals surface area contributed by atoms with E-state index in [0.717, 1.165) is 11.8 Å². The maximum atomic E-state index is 13.9. The lowest BCUT2D eigenvalue weighted by atomic mass is 10.2. The van der Waals surface area contributed by atoms with E-state index < -0.39 is 11.6 Å². The predicted octanol–water partition coefficient (Wildman–Crippen LogP) is 5.17. The third-order valence-electron chi connectivity index (χ3n) is 6.13. The number of aromatic amines is 1. The number of aryl methyl sites for hydroxylation is 1. The number of hydrogen-bond donors (Lipinski definition) is 2. The summed E-state index contributed by atoms with van der Waals surface area (Å²) >= 11 is 0. The largest absolute Gasteiger partial charge is 0.456 e. The average Bonchev–Trinajstić information content (AvgIpc) is 3.28. The molecule has 1 aliphatic heterocycles. The Morgan fingerprint density at radius 1 is 1.11 bits per heavy atom. The molecule has 10 heteroatoms. The standard InChI is InChI=1S/C26H22F2N6O2/c1-16-17(13-29)10-21(14-30-16)36-20-4-2-19(3-5-20)33-6-8-34(9-7-33)26(35)32-24-15-31-25-22(24)11-18(27)12-23(25)28/h2-5,10-12,14-15,31H,6-9H2,1H3,(H,32,35). The van der Waals surface area contributed by atoms with Crippen LogP contribution >= 0.6 is 0 Å². The van der Waals surface area contributed by atoms with Gasteiger partial charge in [-0.1, -0.05) is 0 Å². The Bertz CT molecular complexity index is 1470. The number of piperazine rings is 1. The number of halogens is 2. The van der Waals surface area contributed by atoms with Gasteiger partial charge in [0.05, 0.1) is 28.7 Å². The summed E-state index contributed by atoms with van der Waals surface area (Å²) in [6, 6.07) is 13.0. The van der Waals surface area contributed by atoms with Gasteiger partial charge < -0.3 is 24.8 Å². The van der Waals surface area contributed by atoms with Crippen LogP contribution in [0.1, 0.15) is 11.3 Å². The molecule has 4 aromatic rings. The molecular formula is C26H22F2N6O2. The molecule has 0 aliphatic carbocycles. The molecule has 1 aliphatic rings. The number of urea groups is 1. The predicted molar refractivity (Wildman–Crippen MR) is 131 cm³/mol. The van der Waals surface area contributed by atoms with Gasteiger partial charge in [-0.3, -0.25) is 4.98 Å². The number of aromatic nitrogens is 2. The van der Waals surface area contributed by atoms with Gasteiger partial charge in [0, 0.05) is 55.6 Å². The third-order valence-corrected chi connectivity index (χ3v) is 6.13. The number of carbonyl (C=O) groups excluding carboxylic acids is 1. The molecule has 8 nitrogen and oxygen atoms in total. The van der Waals surface area contributed by atoms with Gasteiger partial charge in [0.25, 0.3) is 0 Å². The second-order valence-corrected chi connectivity index (χ2v) is 8.43. The smallest absolute Gasteiger partial charge is 0.322 e. The molecule has 0 saturated carbocycles. The van der Waals surface area contributed by atoms with Crippen molar-refractivity contribution in [1.29, 1.82) is 5.26 Å². The van der Waals surface area contributed by atoms with E-state index in [2.05, 4.69) is 26.3 Å². The van der Waals surface area contributed by atoms with Crippen LogP contribution in [0, 0.1) is 29.9 Å². The number of amides is 2. The number of H-pyrrole nitrogens is 1. The summed E-state index contributed by atoms with van der Waals surface area (Å²) in [6.45, 7) is 3.99. The van der Waals surface area contributed by atoms with Crippen molar-refractivity contribution in [3.63, 3.8) is 0 Å². The van der Waals surface area contributed by atoms with Crippen molar-refractivity contribution in [1.82, 2.24) is 14.9 Å². The summed E-state index contributed by atoms with van der Waals surface area (Å²) in [5.74, 6) is -0.302. The van der Waals surface area contributed by atoms with Gasteiger partial charge in [-0.15, -0.1) is 0 Å². The molecule has 0 unspecified atom stereocenters. The molecule has 2 N–H and O–H groups in total. The van der Waals surface area contributed by atoms with Crippen LogP contribution in [-0.2, 0) is 0 Å². The molecule has 0 atom stereocenters. The van der Waals surface area contributed by atoms with Gasteiger partial charge in [-0.25, -0.2) is 13.6 Å². The highest BCUT2D eigenvalue weighted by atomic mass is 19.1. The fourth-order valence-electron chi connectivity index (χ4n) is 4.16. The van der Waals surface area contributed by atoms with E-state index in [-0.39, 0.29) is 16.9 Å². The summed E-state index contributed by atoms with van der Waals surface area (Å²) < 4.78 is 33.4. The topological polar surface area (TPSA) is 97.3 Å². The van der Waals surface area contributed by atoms with Crippen molar-refractivity contribution >= 4 is 28.3 Å². The lowest BCUT2D eigenvalue weighted by Crippen LogP contribution is -2.50. The third kappa shape index (κ3) is 4.63. The number of nitrogens with zero attached hydrogens (tertiary/aromatic N) is 4. The lowest BCUT2D eigenvalue weighted by Gasteiger charge is -2.36. The first-order valence-corrected chi connectivity index (χ1v) is 11.3. The van der Waals surface area contributed by atoms with Crippen LogP contribution in [0.5, 0.6) is 11.5 Å². The zero-order valence-electron chi connectivity index (χ0n) is 19.4. The first-order valence-electron chi connectivity index (χ1n) is 11.3. The molecule has 3 heterocycles. The Balaban J connectivity index is 1.18. The molecule has 0 bridgehead atoms. The van der Waals surface area contributed by atoms with E-state index in [9.17, 15) is 13.6 Å². The van der Waals surface area contributed by atoms with Crippen LogP contribution in [0.25, 0.3) is 10.9 Å². The van der Waals surface area contributed by atoms with E-state index in [0.29, 0.717) is 54.6 Å². The van der Waals surface area contributed by atoms with Gasteiger partial charge >= 0.3 is 6.03 Å². The number of carbonyl (C=O) groups is 1. The van der Waals surface area contributed by atoms with Crippen molar-refractivity contribution in [3.8, 4) is 17.6 Å². The van der Waals surface area contributed by atoms with Crippen molar-refractivity contribution in [2.75, 3.05) is 36.4 Å². The van der Waals surface area contributed by atoms with Crippen LogP contribution in [0.3, 0.4) is 0 Å². The quantitative estimate of drug-likeness (QED) is 0.413. The SMILES string of the molecule is Cc1ncc(Oc2ccc(N3CCN(C(=O)Nc4c[nH]c5c(F)cc(F)cc45)CC3)cc2)cc1C#N. The van der Waals surface area contributed by atoms with Gasteiger partial charge in [0.1, 0.15) is 29.2 Å². The summed E-state index contributed by atoms with van der Waals surface area (Å²) in [5, 5.41) is 12.2. The van der Waals surface area contributed by atoms with Gasteiger partial charge in [-0.2, -0.15) is 5.26 Å². The monoisotopic (exact) mass is 488 g/mol. The summed E-state index contributed by atoms with van der Waals surface area (Å²) in [5.41, 5.74) is 2.59. The Labute approximate surface area is 205 Å². The van der Waals surface area contributed by atoms with Gasteiger partial charge in [0.2, 0.25) is 0 Å². The number of hydrogen-bond acceptors (Lipinski definition) is 5. The first kappa shape index (κ1) is 23.1. The first-order chi connectivity index (χ1) is 17.4. The minimum absolute atomic E-state index is 0.146. The van der Waals surface area contributed by atoms with E-state index in [1.807, 2.05) is 24.3 Å². The van der Waals surface area contributed by atoms with E-state index in [1.54, 1.807) is 24.1 Å². The van der Waals surface area contributed by atoms with Crippen molar-refractivity contribution in [2.24, 2.45) is 0 Å². The number of ether oxygens (including phenoxy) is 1. The maximum Gasteiger partial charge on any atom is 0.322 e. The Hall–Kier alpha value is -4.65. The summed E-state index contributed by atoms with van der Waals surface area (Å²) in [4.78, 5) is 23.5. The number of pyridine rings is 1. The van der Waals surface area contributed by atoms with Gasteiger partial charge in [-0.05, 0) is 37.3 Å². The fourth-order valence-corrected chi connectivity index (χ4v) is 4.16. The average molecular weight is 488 g/mol. The van der Waals surface area contributed by atoms with Crippen LogP contribution in [0.15, 0.2) is 54.9 Å². The molecule has 0 radical (unpaired) electrons. The fraction of sp³-hybridized carbons (Fsp3) is 0.192. The number of fused-ring (bicyclic) bond motifs is 1. The number of rotatable bonds is 4. The number of nitriles is 1. The van der Waals surface area contributed by atoms with E-state index >= 15 is 0 Å². The van der Waals surface area contributed by atoms with Crippen LogP contribution in [0.2, 0.25) is 0 Å². The number of benzene rings is 2. The van der Waals surface area contributed by atoms with Crippen molar-refractivity contribution in [2.45, 2.75) is 6.92 Å².